The van der Waals surface area contributed by atoms with Gasteiger partial charge in [-0.05, 0) is 35.3 Å². The Labute approximate surface area is 128 Å². The number of hydrogen-bond donors (Lipinski definition) is 2. The fourth-order valence-corrected chi connectivity index (χ4v) is 2.65. The molecule has 118 valence electrons. The van der Waals surface area contributed by atoms with Crippen molar-refractivity contribution in [2.24, 2.45) is 0 Å². The van der Waals surface area contributed by atoms with Crippen LogP contribution in [0.2, 0.25) is 0 Å². The van der Waals surface area contributed by atoms with Gasteiger partial charge in [0.25, 0.3) is 5.56 Å². The molecule has 1 unspecified atom stereocenters. The molecule has 0 amide bonds. The third-order valence-corrected chi connectivity index (χ3v) is 4.03. The third-order valence-electron chi connectivity index (χ3n) is 3.27. The van der Waals surface area contributed by atoms with Gasteiger partial charge in [-0.1, -0.05) is 6.42 Å². The van der Waals surface area contributed by atoms with Crippen molar-refractivity contribution >= 4 is 21.6 Å². The van der Waals surface area contributed by atoms with Crippen LogP contribution in [0.15, 0.2) is 15.5 Å². The number of anilines is 1. The number of piperidine rings is 1. The fourth-order valence-electron chi connectivity index (χ4n) is 2.20. The maximum absolute atomic E-state index is 12.3. The zero-order valence-corrected chi connectivity index (χ0v) is 12.8. The first-order valence-corrected chi connectivity index (χ1v) is 7.46. The lowest BCUT2D eigenvalue weighted by molar-refractivity contribution is -0.143. The predicted octanol–water partition coefficient (Wildman–Crippen LogP) is 2.12. The van der Waals surface area contributed by atoms with E-state index in [4.69, 9.17) is 0 Å². The largest absolute Gasteiger partial charge is 0.408 e. The average Bonchev–Trinajstić information content (AvgIpc) is 2.43. The molecule has 0 saturated carbocycles. The van der Waals surface area contributed by atoms with Gasteiger partial charge in [0.1, 0.15) is 11.0 Å². The van der Waals surface area contributed by atoms with Crippen LogP contribution in [0.1, 0.15) is 19.3 Å². The maximum Gasteiger partial charge on any atom is 0.408 e. The summed E-state index contributed by atoms with van der Waals surface area (Å²) >= 11 is 3.04. The molecule has 1 aliphatic rings. The van der Waals surface area contributed by atoms with Crippen LogP contribution in [0.25, 0.3) is 0 Å². The lowest BCUT2D eigenvalue weighted by Crippen LogP contribution is -2.39. The van der Waals surface area contributed by atoms with E-state index in [2.05, 4.69) is 31.7 Å². The van der Waals surface area contributed by atoms with Crippen LogP contribution < -0.4 is 16.2 Å². The van der Waals surface area contributed by atoms with Crippen molar-refractivity contribution in [1.82, 2.24) is 15.1 Å². The zero-order valence-electron chi connectivity index (χ0n) is 11.2. The summed E-state index contributed by atoms with van der Waals surface area (Å²) in [6.45, 7) is 0.164. The number of halogens is 4. The van der Waals surface area contributed by atoms with Gasteiger partial charge in [0, 0.05) is 12.6 Å². The summed E-state index contributed by atoms with van der Waals surface area (Å²) in [5, 5.41) is 9.94. The molecule has 1 aromatic rings. The standard InChI is InChI=1S/C12H16BrF3N4O/c13-10-9(18-5-8-3-1-2-4-17-8)6-19-20(11(10)21)7-12(14,15)16/h6,8,17-18H,1-5,7H2. The highest BCUT2D eigenvalue weighted by Gasteiger charge is 2.29. The molecule has 2 heterocycles. The van der Waals surface area contributed by atoms with Gasteiger partial charge in [-0.2, -0.15) is 18.3 Å². The number of aromatic nitrogens is 2. The minimum atomic E-state index is -4.47. The number of alkyl halides is 3. The van der Waals surface area contributed by atoms with Gasteiger partial charge in [-0.15, -0.1) is 0 Å². The molecule has 0 bridgehead atoms. The lowest BCUT2D eigenvalue weighted by atomic mass is 10.1. The van der Waals surface area contributed by atoms with E-state index in [0.29, 0.717) is 23.0 Å². The van der Waals surface area contributed by atoms with Gasteiger partial charge in [0.2, 0.25) is 0 Å². The molecule has 0 radical (unpaired) electrons. The highest BCUT2D eigenvalue weighted by molar-refractivity contribution is 9.10. The smallest absolute Gasteiger partial charge is 0.381 e. The minimum Gasteiger partial charge on any atom is -0.381 e. The monoisotopic (exact) mass is 368 g/mol. The maximum atomic E-state index is 12.3. The average molecular weight is 369 g/mol. The fraction of sp³-hybridized carbons (Fsp3) is 0.667. The first-order valence-electron chi connectivity index (χ1n) is 6.66. The Bertz CT molecular complexity index is 540. The second-order valence-corrected chi connectivity index (χ2v) is 5.77. The molecule has 21 heavy (non-hydrogen) atoms. The van der Waals surface area contributed by atoms with Crippen molar-refractivity contribution in [3.63, 3.8) is 0 Å². The van der Waals surface area contributed by atoms with E-state index in [1.807, 2.05) is 0 Å². The van der Waals surface area contributed by atoms with Crippen molar-refractivity contribution in [3.05, 3.63) is 21.0 Å². The molecular weight excluding hydrogens is 353 g/mol. The van der Waals surface area contributed by atoms with Gasteiger partial charge in [0.15, 0.2) is 0 Å². The third kappa shape index (κ3) is 4.70. The molecule has 1 atom stereocenters. The molecule has 1 aliphatic heterocycles. The molecule has 0 aliphatic carbocycles. The topological polar surface area (TPSA) is 59.0 Å². The lowest BCUT2D eigenvalue weighted by Gasteiger charge is -2.24. The molecule has 9 heteroatoms. The Morgan fingerprint density at radius 2 is 2.24 bits per heavy atom. The van der Waals surface area contributed by atoms with Crippen LogP contribution in [0.3, 0.4) is 0 Å². The molecule has 1 aromatic heterocycles. The summed E-state index contributed by atoms with van der Waals surface area (Å²) < 4.78 is 37.4. The van der Waals surface area contributed by atoms with E-state index in [-0.39, 0.29) is 4.47 Å². The number of hydrogen-bond acceptors (Lipinski definition) is 4. The Balaban J connectivity index is 2.04. The quantitative estimate of drug-likeness (QED) is 0.854. The SMILES string of the molecule is O=c1c(Br)c(NCC2CCCCN2)cnn1CC(F)(F)F. The summed E-state index contributed by atoms with van der Waals surface area (Å²) in [6, 6.07) is 0.295. The zero-order chi connectivity index (χ0) is 15.5. The van der Waals surface area contributed by atoms with E-state index in [1.165, 1.54) is 6.20 Å². The van der Waals surface area contributed by atoms with Crippen LogP contribution in [0.4, 0.5) is 18.9 Å². The number of rotatable bonds is 4. The Hall–Kier alpha value is -1.09. The van der Waals surface area contributed by atoms with Crippen LogP contribution in [-0.4, -0.2) is 35.1 Å². The van der Waals surface area contributed by atoms with Crippen molar-refractivity contribution in [3.8, 4) is 0 Å². The van der Waals surface area contributed by atoms with Crippen molar-refractivity contribution in [2.45, 2.75) is 38.0 Å². The van der Waals surface area contributed by atoms with E-state index < -0.39 is 18.3 Å². The number of nitrogens with one attached hydrogen (secondary N) is 2. The highest BCUT2D eigenvalue weighted by atomic mass is 79.9. The second kappa shape index (κ2) is 6.78. The van der Waals surface area contributed by atoms with Gasteiger partial charge in [-0.25, -0.2) is 4.68 Å². The molecule has 1 fully saturated rings. The summed E-state index contributed by atoms with van der Waals surface area (Å²) in [5.74, 6) is 0. The van der Waals surface area contributed by atoms with Gasteiger partial charge in [-0.3, -0.25) is 4.79 Å². The van der Waals surface area contributed by atoms with Gasteiger partial charge < -0.3 is 10.6 Å². The molecule has 0 spiro atoms. The van der Waals surface area contributed by atoms with E-state index >= 15 is 0 Å². The number of nitrogens with zero attached hydrogens (tertiary/aromatic N) is 2. The van der Waals surface area contributed by atoms with Gasteiger partial charge >= 0.3 is 6.18 Å². The minimum absolute atomic E-state index is 0.0672. The van der Waals surface area contributed by atoms with Crippen molar-refractivity contribution in [1.29, 1.82) is 0 Å². The van der Waals surface area contributed by atoms with Crippen LogP contribution in [0, 0.1) is 0 Å². The highest BCUT2D eigenvalue weighted by Crippen LogP contribution is 2.20. The Morgan fingerprint density at radius 1 is 1.48 bits per heavy atom. The molecule has 1 saturated heterocycles. The summed E-state index contributed by atoms with van der Waals surface area (Å²) in [7, 11) is 0. The van der Waals surface area contributed by atoms with E-state index in [0.717, 1.165) is 25.8 Å². The summed E-state index contributed by atoms with van der Waals surface area (Å²) in [5.41, 5.74) is -0.389. The Morgan fingerprint density at radius 3 is 2.86 bits per heavy atom. The van der Waals surface area contributed by atoms with Crippen LogP contribution in [-0.2, 0) is 6.54 Å². The van der Waals surface area contributed by atoms with Crippen molar-refractivity contribution in [2.75, 3.05) is 18.4 Å². The Kier molecular flexibility index (Phi) is 5.26. The molecule has 0 aromatic carbocycles. The molecule has 5 nitrogen and oxygen atoms in total. The predicted molar refractivity (Wildman–Crippen MR) is 76.4 cm³/mol. The summed E-state index contributed by atoms with van der Waals surface area (Å²) in [6.07, 6.45) is 0.0850. The van der Waals surface area contributed by atoms with E-state index in [9.17, 15) is 18.0 Å². The first-order chi connectivity index (χ1) is 9.87. The molecular formula is C12H16BrF3N4O. The second-order valence-electron chi connectivity index (χ2n) is 4.98. The normalized spacial score (nSPS) is 19.5. The first kappa shape index (κ1) is 16.3. The molecule has 2 N–H and O–H groups in total. The van der Waals surface area contributed by atoms with Crippen LogP contribution >= 0.6 is 15.9 Å². The van der Waals surface area contributed by atoms with Gasteiger partial charge in [0.05, 0.1) is 11.9 Å². The van der Waals surface area contributed by atoms with E-state index in [1.54, 1.807) is 0 Å². The van der Waals surface area contributed by atoms with Crippen LogP contribution in [0.5, 0.6) is 0 Å². The summed E-state index contributed by atoms with van der Waals surface area (Å²) in [4.78, 5) is 11.8. The van der Waals surface area contributed by atoms with Crippen molar-refractivity contribution < 1.29 is 13.2 Å². The molecule has 2 rings (SSSR count).